The molecule has 1 aliphatic rings. The molecule has 1 atom stereocenters. The highest BCUT2D eigenvalue weighted by Crippen LogP contribution is 2.30. The zero-order chi connectivity index (χ0) is 12.4. The molecule has 94 valence electrons. The molecule has 1 unspecified atom stereocenters. The van der Waals surface area contributed by atoms with Crippen LogP contribution in [0.5, 0.6) is 0 Å². The summed E-state index contributed by atoms with van der Waals surface area (Å²) in [4.78, 5) is 6.86. The number of piperidine rings is 1. The normalized spacial score (nSPS) is 19.4. The predicted octanol–water partition coefficient (Wildman–Crippen LogP) is 4.00. The van der Waals surface area contributed by atoms with Gasteiger partial charge in [-0.3, -0.25) is 0 Å². The average molecular weight is 318 g/mol. The number of aryl methyl sites for hydroxylation is 1. The van der Waals surface area contributed by atoms with Gasteiger partial charge in [-0.2, -0.15) is 0 Å². The van der Waals surface area contributed by atoms with E-state index in [0.717, 1.165) is 36.2 Å². The van der Waals surface area contributed by atoms with Crippen LogP contribution in [0.15, 0.2) is 16.7 Å². The van der Waals surface area contributed by atoms with E-state index in [4.69, 9.17) is 11.6 Å². The van der Waals surface area contributed by atoms with Gasteiger partial charge in [0, 0.05) is 24.7 Å². The molecule has 0 spiro atoms. The number of nitrogens with zero attached hydrogens (tertiary/aromatic N) is 2. The highest BCUT2D eigenvalue weighted by atomic mass is 79.9. The fourth-order valence-corrected chi connectivity index (χ4v) is 3.30. The van der Waals surface area contributed by atoms with Gasteiger partial charge in [0.1, 0.15) is 5.82 Å². The minimum Gasteiger partial charge on any atom is -0.356 e. The quantitative estimate of drug-likeness (QED) is 0.767. The minimum absolute atomic E-state index is 0.284. The molecule has 1 fully saturated rings. The fourth-order valence-electron chi connectivity index (χ4n) is 2.33. The molecule has 0 aliphatic carbocycles. The molecule has 0 aromatic carbocycles. The van der Waals surface area contributed by atoms with E-state index in [1.54, 1.807) is 0 Å². The lowest BCUT2D eigenvalue weighted by atomic mass is 9.94. The number of halogens is 2. The van der Waals surface area contributed by atoms with E-state index >= 15 is 0 Å². The lowest BCUT2D eigenvalue weighted by Crippen LogP contribution is -2.36. The van der Waals surface area contributed by atoms with Crippen LogP contribution in [0.25, 0.3) is 0 Å². The summed E-state index contributed by atoms with van der Waals surface area (Å²) >= 11 is 9.76. The van der Waals surface area contributed by atoms with Gasteiger partial charge in [-0.25, -0.2) is 4.98 Å². The van der Waals surface area contributed by atoms with Crippen LogP contribution in [-0.2, 0) is 0 Å². The summed E-state index contributed by atoms with van der Waals surface area (Å²) < 4.78 is 1.09. The van der Waals surface area contributed by atoms with Crippen molar-refractivity contribution in [2.24, 2.45) is 5.92 Å². The smallest absolute Gasteiger partial charge is 0.142 e. The van der Waals surface area contributed by atoms with Gasteiger partial charge in [0.25, 0.3) is 0 Å². The molecule has 0 N–H and O–H groups in total. The number of anilines is 1. The number of aromatic nitrogens is 1. The van der Waals surface area contributed by atoms with Gasteiger partial charge in [0.15, 0.2) is 0 Å². The zero-order valence-corrected chi connectivity index (χ0v) is 12.6. The van der Waals surface area contributed by atoms with Crippen LogP contribution in [0.4, 0.5) is 5.82 Å². The monoisotopic (exact) mass is 316 g/mol. The molecule has 0 amide bonds. The van der Waals surface area contributed by atoms with Gasteiger partial charge >= 0.3 is 0 Å². The second kappa shape index (κ2) is 5.57. The summed E-state index contributed by atoms with van der Waals surface area (Å²) in [5.41, 5.74) is 1.19. The van der Waals surface area contributed by atoms with Gasteiger partial charge in [0.05, 0.1) is 4.47 Å². The molecule has 2 nitrogen and oxygen atoms in total. The first-order chi connectivity index (χ1) is 8.08. The summed E-state index contributed by atoms with van der Waals surface area (Å²) in [6.45, 7) is 6.26. The molecule has 4 heteroatoms. The number of hydrogen-bond donors (Lipinski definition) is 0. The fraction of sp³-hybridized carbons (Fsp3) is 0.615. The van der Waals surface area contributed by atoms with Crippen molar-refractivity contribution in [2.45, 2.75) is 32.1 Å². The second-order valence-corrected chi connectivity index (χ2v) is 6.36. The Kier molecular flexibility index (Phi) is 4.31. The molecular weight excluding hydrogens is 300 g/mol. The van der Waals surface area contributed by atoms with Gasteiger partial charge in [-0.05, 0) is 60.2 Å². The maximum atomic E-state index is 6.16. The number of rotatable bonds is 2. The van der Waals surface area contributed by atoms with E-state index in [-0.39, 0.29) is 5.38 Å². The van der Waals surface area contributed by atoms with Crippen molar-refractivity contribution in [3.8, 4) is 0 Å². The Labute approximate surface area is 116 Å². The topological polar surface area (TPSA) is 16.1 Å². The Morgan fingerprint density at radius 2 is 2.12 bits per heavy atom. The van der Waals surface area contributed by atoms with E-state index < -0.39 is 0 Å². The molecule has 1 saturated heterocycles. The third-order valence-electron chi connectivity index (χ3n) is 3.45. The average Bonchev–Trinajstić information content (AvgIpc) is 2.29. The molecule has 2 rings (SSSR count). The maximum Gasteiger partial charge on any atom is 0.142 e. The molecule has 0 bridgehead atoms. The van der Waals surface area contributed by atoms with Crippen molar-refractivity contribution in [2.75, 3.05) is 18.0 Å². The maximum absolute atomic E-state index is 6.16. The number of pyridine rings is 1. The van der Waals surface area contributed by atoms with Crippen molar-refractivity contribution >= 4 is 33.3 Å². The summed E-state index contributed by atoms with van der Waals surface area (Å²) in [5, 5.41) is 0.284. The number of alkyl halides is 1. The molecule has 1 aliphatic heterocycles. The molecule has 0 radical (unpaired) electrons. The standard InChI is InChI=1S/C13H18BrClN2/c1-9-7-12(14)13(16-8-9)17-5-3-11(4-6-17)10(2)15/h7-8,10-11H,3-6H2,1-2H3. The molecule has 2 heterocycles. The molecule has 1 aromatic rings. The van der Waals surface area contributed by atoms with Crippen molar-refractivity contribution in [3.05, 3.63) is 22.3 Å². The van der Waals surface area contributed by atoms with Gasteiger partial charge in [-0.15, -0.1) is 11.6 Å². The molecule has 1 aromatic heterocycles. The Hall–Kier alpha value is -0.280. The van der Waals surface area contributed by atoms with E-state index in [1.807, 2.05) is 6.20 Å². The first-order valence-corrected chi connectivity index (χ1v) is 7.32. The van der Waals surface area contributed by atoms with Crippen LogP contribution in [0.3, 0.4) is 0 Å². The first-order valence-electron chi connectivity index (χ1n) is 6.09. The molecule has 0 saturated carbocycles. The third-order valence-corrected chi connectivity index (χ3v) is 4.39. The van der Waals surface area contributed by atoms with Crippen LogP contribution in [0, 0.1) is 12.8 Å². The summed E-state index contributed by atoms with van der Waals surface area (Å²) in [6, 6.07) is 2.12. The SMILES string of the molecule is Cc1cnc(N2CCC(C(C)Cl)CC2)c(Br)c1. The molecular formula is C13H18BrClN2. The third kappa shape index (κ3) is 3.14. The van der Waals surface area contributed by atoms with Crippen LogP contribution < -0.4 is 4.90 Å². The second-order valence-electron chi connectivity index (χ2n) is 4.82. The van der Waals surface area contributed by atoms with Gasteiger partial charge < -0.3 is 4.90 Å². The van der Waals surface area contributed by atoms with Crippen molar-refractivity contribution in [1.82, 2.24) is 4.98 Å². The Morgan fingerprint density at radius 3 is 2.65 bits per heavy atom. The summed E-state index contributed by atoms with van der Waals surface area (Å²) in [5.74, 6) is 1.72. The Bertz CT molecular complexity index is 387. The summed E-state index contributed by atoms with van der Waals surface area (Å²) in [7, 11) is 0. The largest absolute Gasteiger partial charge is 0.356 e. The zero-order valence-electron chi connectivity index (χ0n) is 10.3. The van der Waals surface area contributed by atoms with Crippen molar-refractivity contribution in [1.29, 1.82) is 0 Å². The lowest BCUT2D eigenvalue weighted by molar-refractivity contribution is 0.398. The first kappa shape index (κ1) is 13.2. The highest BCUT2D eigenvalue weighted by Gasteiger charge is 2.24. The van der Waals surface area contributed by atoms with E-state index in [2.05, 4.69) is 45.7 Å². The van der Waals surface area contributed by atoms with E-state index in [9.17, 15) is 0 Å². The van der Waals surface area contributed by atoms with E-state index in [0.29, 0.717) is 5.92 Å². The van der Waals surface area contributed by atoms with Gasteiger partial charge in [0.2, 0.25) is 0 Å². The van der Waals surface area contributed by atoms with Crippen LogP contribution >= 0.6 is 27.5 Å². The van der Waals surface area contributed by atoms with Crippen LogP contribution in [-0.4, -0.2) is 23.5 Å². The Balaban J connectivity index is 2.05. The predicted molar refractivity (Wildman–Crippen MR) is 76.9 cm³/mol. The summed E-state index contributed by atoms with van der Waals surface area (Å²) in [6.07, 6.45) is 4.25. The van der Waals surface area contributed by atoms with Crippen molar-refractivity contribution < 1.29 is 0 Å². The van der Waals surface area contributed by atoms with Gasteiger partial charge in [-0.1, -0.05) is 0 Å². The van der Waals surface area contributed by atoms with E-state index in [1.165, 1.54) is 5.56 Å². The minimum atomic E-state index is 0.284. The molecule has 17 heavy (non-hydrogen) atoms. The van der Waals surface area contributed by atoms with Crippen molar-refractivity contribution in [3.63, 3.8) is 0 Å². The highest BCUT2D eigenvalue weighted by molar-refractivity contribution is 9.10. The van der Waals surface area contributed by atoms with Crippen LogP contribution in [0.2, 0.25) is 0 Å². The Morgan fingerprint density at radius 1 is 1.47 bits per heavy atom. The van der Waals surface area contributed by atoms with Crippen LogP contribution in [0.1, 0.15) is 25.3 Å². The lowest BCUT2D eigenvalue weighted by Gasteiger charge is -2.34. The number of hydrogen-bond acceptors (Lipinski definition) is 2.